The Balaban J connectivity index is 1.06. The van der Waals surface area contributed by atoms with Crippen molar-refractivity contribution < 1.29 is 0 Å². The van der Waals surface area contributed by atoms with Gasteiger partial charge in [0, 0.05) is 60.3 Å². The third-order valence-electron chi connectivity index (χ3n) is 18.9. The van der Waals surface area contributed by atoms with Crippen LogP contribution in [0.4, 0.5) is 0 Å². The lowest BCUT2D eigenvalue weighted by atomic mass is 9.53. The third-order valence-corrected chi connectivity index (χ3v) is 18.9. The van der Waals surface area contributed by atoms with Crippen molar-refractivity contribution in [3.8, 4) is 28.3 Å². The Morgan fingerprint density at radius 1 is 0.507 bits per heavy atom. The summed E-state index contributed by atoms with van der Waals surface area (Å²) in [4.78, 5) is 5.52. The molecule has 13 aromatic rings. The average molecular weight is 909 g/mol. The summed E-state index contributed by atoms with van der Waals surface area (Å²) < 4.78 is 5.14. The zero-order valence-electron chi connectivity index (χ0n) is 40.6. The Hall–Kier alpha value is -8.00. The van der Waals surface area contributed by atoms with Gasteiger partial charge in [0.15, 0.2) is 0 Å². The molecule has 19 rings (SSSR count). The molecule has 0 aliphatic heterocycles. The standard InChI is InChI=1S/C67H48N4/c1-34-23-35(2)55(36(3)24-34)39-27-48-46-30-51-45(31-52(46)71-54-33-69-65-62(60(54)50(28-39)64(48)71)66(4)19-21-67(65,5)22-20-66)47-25-38(37-13-7-6-8-14-37)26-49-59-53(70(51)63(47)49)29-40(32-68)56-57-41-15-9-11-17-43(41)58(61(56)59)44-18-12-10-16-42(44)57/h6-18,23-31,33,57-58H,19-22H2,1-5H3. The van der Waals surface area contributed by atoms with Gasteiger partial charge in [-0.15, -0.1) is 0 Å². The minimum Gasteiger partial charge on any atom is -0.308 e. The van der Waals surface area contributed by atoms with E-state index in [0.29, 0.717) is 0 Å². The molecular formula is C67H48N4. The Kier molecular flexibility index (Phi) is 6.92. The fourth-order valence-corrected chi connectivity index (χ4v) is 16.0. The molecule has 6 aliphatic rings. The van der Waals surface area contributed by atoms with Crippen molar-refractivity contribution >= 4 is 76.2 Å². The normalized spacial score (nSPS) is 20.9. The van der Waals surface area contributed by atoms with Crippen molar-refractivity contribution in [2.75, 3.05) is 0 Å². The molecule has 336 valence electrons. The van der Waals surface area contributed by atoms with Crippen molar-refractivity contribution in [1.29, 1.82) is 5.26 Å². The summed E-state index contributed by atoms with van der Waals surface area (Å²) in [6, 6.07) is 53.7. The van der Waals surface area contributed by atoms with Crippen LogP contribution >= 0.6 is 0 Å². The molecule has 1 fully saturated rings. The van der Waals surface area contributed by atoms with Gasteiger partial charge in [-0.2, -0.15) is 5.26 Å². The number of rotatable bonds is 2. The van der Waals surface area contributed by atoms with Gasteiger partial charge in [-0.1, -0.05) is 110 Å². The molecule has 71 heavy (non-hydrogen) atoms. The molecule has 5 aromatic heterocycles. The van der Waals surface area contributed by atoms with Gasteiger partial charge in [-0.05, 0) is 167 Å². The molecule has 0 radical (unpaired) electrons. The van der Waals surface area contributed by atoms with Gasteiger partial charge in [-0.25, -0.2) is 0 Å². The summed E-state index contributed by atoms with van der Waals surface area (Å²) in [6.07, 6.45) is 7.04. The van der Waals surface area contributed by atoms with Gasteiger partial charge in [-0.3, -0.25) is 4.98 Å². The first-order valence-electron chi connectivity index (χ1n) is 25.7. The summed E-state index contributed by atoms with van der Waals surface area (Å²) in [5.74, 6) is 0.0132. The molecule has 4 heteroatoms. The van der Waals surface area contributed by atoms with Crippen LogP contribution in [0.2, 0.25) is 0 Å². The first-order chi connectivity index (χ1) is 34.6. The van der Waals surface area contributed by atoms with E-state index in [9.17, 15) is 5.26 Å². The van der Waals surface area contributed by atoms with E-state index >= 15 is 0 Å². The molecule has 1 saturated carbocycles. The Morgan fingerprint density at radius 2 is 1.03 bits per heavy atom. The number of pyridine rings is 1. The van der Waals surface area contributed by atoms with Crippen LogP contribution in [0.5, 0.6) is 0 Å². The molecule has 0 saturated heterocycles. The van der Waals surface area contributed by atoms with E-state index in [1.807, 2.05) is 0 Å². The maximum atomic E-state index is 11.3. The van der Waals surface area contributed by atoms with Gasteiger partial charge in [0.2, 0.25) is 0 Å². The number of aromatic nitrogens is 3. The molecule has 5 heterocycles. The maximum Gasteiger partial charge on any atom is 0.0995 e. The Bertz CT molecular complexity index is 4590. The van der Waals surface area contributed by atoms with Crippen molar-refractivity contribution in [2.24, 2.45) is 0 Å². The summed E-state index contributed by atoms with van der Waals surface area (Å²) >= 11 is 0. The van der Waals surface area contributed by atoms with Crippen molar-refractivity contribution in [3.63, 3.8) is 0 Å². The highest BCUT2D eigenvalue weighted by atomic mass is 15.0. The predicted molar refractivity (Wildman–Crippen MR) is 291 cm³/mol. The van der Waals surface area contributed by atoms with E-state index < -0.39 is 0 Å². The SMILES string of the molecule is Cc1cc(C)c(-c2cc3c4cc5c(cc4n4c6cnc7c(c6c(c2)c34)C2(C)CCC7(C)CC2)c2cc(-c3ccccc3)cc3c4c6c(c(C#N)cc4n5c23)C2c3ccccc3C6c3ccccc32)c(C)c1. The number of hydrogen-bond acceptors (Lipinski definition) is 2. The number of nitrogens with zero attached hydrogens (tertiary/aromatic N) is 4. The third kappa shape index (κ3) is 4.49. The zero-order chi connectivity index (χ0) is 47.1. The molecule has 0 spiro atoms. The van der Waals surface area contributed by atoms with E-state index in [1.165, 1.54) is 180 Å². The van der Waals surface area contributed by atoms with E-state index in [2.05, 4.69) is 189 Å². The van der Waals surface area contributed by atoms with Crippen molar-refractivity contribution in [3.05, 3.63) is 207 Å². The van der Waals surface area contributed by atoms with Crippen LogP contribution in [0.3, 0.4) is 0 Å². The number of nitriles is 1. The van der Waals surface area contributed by atoms with Crippen molar-refractivity contribution in [2.45, 2.75) is 83.0 Å². The quantitative estimate of drug-likeness (QED) is 0.173. The summed E-state index contributed by atoms with van der Waals surface area (Å²) in [7, 11) is 0. The van der Waals surface area contributed by atoms with Gasteiger partial charge in [0.1, 0.15) is 0 Å². The highest BCUT2D eigenvalue weighted by Crippen LogP contribution is 2.61. The smallest absolute Gasteiger partial charge is 0.0995 e. The molecular weight excluding hydrogens is 861 g/mol. The van der Waals surface area contributed by atoms with Crippen molar-refractivity contribution in [1.82, 2.24) is 13.8 Å². The second kappa shape index (κ2) is 12.7. The van der Waals surface area contributed by atoms with Gasteiger partial charge >= 0.3 is 0 Å². The lowest BCUT2D eigenvalue weighted by Crippen LogP contribution is -2.45. The Morgan fingerprint density at radius 3 is 1.65 bits per heavy atom. The molecule has 0 unspecified atom stereocenters. The predicted octanol–water partition coefficient (Wildman–Crippen LogP) is 16.6. The second-order valence-corrected chi connectivity index (χ2v) is 22.8. The molecule has 4 bridgehead atoms. The van der Waals surface area contributed by atoms with Gasteiger partial charge in [0.05, 0.1) is 56.6 Å². The van der Waals surface area contributed by atoms with E-state index in [0.717, 1.165) is 11.1 Å². The molecule has 0 N–H and O–H groups in total. The zero-order valence-corrected chi connectivity index (χ0v) is 40.6. The van der Waals surface area contributed by atoms with E-state index in [1.54, 1.807) is 0 Å². The first-order valence-corrected chi connectivity index (χ1v) is 25.7. The maximum absolute atomic E-state index is 11.3. The largest absolute Gasteiger partial charge is 0.308 e. The number of benzene rings is 8. The lowest BCUT2D eigenvalue weighted by Gasteiger charge is -2.51. The highest BCUT2D eigenvalue weighted by molar-refractivity contribution is 6.31. The van der Waals surface area contributed by atoms with Crippen LogP contribution in [0.1, 0.15) is 118 Å². The lowest BCUT2D eigenvalue weighted by molar-refractivity contribution is 0.184. The highest BCUT2D eigenvalue weighted by Gasteiger charge is 2.50. The van der Waals surface area contributed by atoms with Crippen LogP contribution in [0.25, 0.3) is 98.4 Å². The summed E-state index contributed by atoms with van der Waals surface area (Å²) in [6.45, 7) is 11.8. The first kappa shape index (κ1) is 38.8. The van der Waals surface area contributed by atoms with Gasteiger partial charge in [0.25, 0.3) is 0 Å². The van der Waals surface area contributed by atoms with Gasteiger partial charge < -0.3 is 8.80 Å². The summed E-state index contributed by atoms with van der Waals surface area (Å²) in [5, 5.41) is 21.6. The topological polar surface area (TPSA) is 45.5 Å². The minimum atomic E-state index is -0.00375. The summed E-state index contributed by atoms with van der Waals surface area (Å²) in [5.41, 5.74) is 27.9. The van der Waals surface area contributed by atoms with Crippen LogP contribution in [0, 0.1) is 32.1 Å². The average Bonchev–Trinajstić information content (AvgIpc) is 4.11. The van der Waals surface area contributed by atoms with Crippen LogP contribution < -0.4 is 0 Å². The minimum absolute atomic E-state index is 0.00375. The number of hydrogen-bond donors (Lipinski definition) is 0. The number of aryl methyl sites for hydroxylation is 3. The molecule has 0 atom stereocenters. The fraction of sp³-hybridized carbons (Fsp3) is 0.194. The monoisotopic (exact) mass is 908 g/mol. The van der Waals surface area contributed by atoms with E-state index in [4.69, 9.17) is 4.98 Å². The van der Waals surface area contributed by atoms with Crippen LogP contribution in [0.15, 0.2) is 140 Å². The molecule has 8 aromatic carbocycles. The molecule has 0 amide bonds. The Labute approximate surface area is 411 Å². The molecule has 6 aliphatic carbocycles. The van der Waals surface area contributed by atoms with Crippen LogP contribution in [-0.2, 0) is 10.8 Å². The van der Waals surface area contributed by atoms with Crippen LogP contribution in [-0.4, -0.2) is 13.8 Å². The number of fused-ring (bicyclic) bond motifs is 14. The fourth-order valence-electron chi connectivity index (χ4n) is 16.0. The second-order valence-electron chi connectivity index (χ2n) is 22.8. The molecule has 4 nitrogen and oxygen atoms in total. The van der Waals surface area contributed by atoms with E-state index in [-0.39, 0.29) is 22.7 Å².